The van der Waals surface area contributed by atoms with Crippen molar-refractivity contribution in [1.82, 2.24) is 4.90 Å². The van der Waals surface area contributed by atoms with Gasteiger partial charge in [-0.05, 0) is 47.2 Å². The smallest absolute Gasteiger partial charge is 0.325 e. The van der Waals surface area contributed by atoms with Crippen molar-refractivity contribution in [3.05, 3.63) is 0 Å². The van der Waals surface area contributed by atoms with Crippen LogP contribution in [0.15, 0.2) is 0 Å². The molecule has 0 aromatic rings. The summed E-state index contributed by atoms with van der Waals surface area (Å²) in [5.41, 5.74) is -0.380. The Morgan fingerprint density at radius 2 is 2.05 bits per heavy atom. The van der Waals surface area contributed by atoms with Crippen LogP contribution in [0, 0.1) is 0 Å². The molecule has 0 aromatic carbocycles. The highest BCUT2D eigenvalue weighted by atomic mass is 28.3. The van der Waals surface area contributed by atoms with E-state index in [1.54, 1.807) is 11.8 Å². The predicted octanol–water partition coefficient (Wildman–Crippen LogP) is 1.68. The third-order valence-electron chi connectivity index (χ3n) is 3.17. The number of carbonyl (C=O) groups is 2. The minimum atomic E-state index is -1.35. The molecule has 1 aliphatic rings. The molecular weight excluding hydrogens is 302 g/mol. The number of nitrogens with zero attached hydrogens (tertiary/aromatic N) is 1. The molecule has 128 valence electrons. The van der Waals surface area contributed by atoms with Crippen molar-refractivity contribution in [3.8, 4) is 0 Å². The van der Waals surface area contributed by atoms with Gasteiger partial charge < -0.3 is 18.8 Å². The van der Waals surface area contributed by atoms with E-state index in [-0.39, 0.29) is 30.1 Å². The third kappa shape index (κ3) is 6.06. The Labute approximate surface area is 134 Å². The lowest BCUT2D eigenvalue weighted by molar-refractivity contribution is -0.184. The Hall–Kier alpha value is -0.923. The molecule has 1 fully saturated rings. The largest absolute Gasteiger partial charge is 0.465 e. The number of ether oxygens (including phenoxy) is 2. The summed E-state index contributed by atoms with van der Waals surface area (Å²) in [5, 5.41) is 0. The second-order valence-electron chi connectivity index (χ2n) is 6.72. The van der Waals surface area contributed by atoms with Crippen molar-refractivity contribution >= 4 is 20.9 Å². The molecule has 0 aromatic heterocycles. The van der Waals surface area contributed by atoms with Gasteiger partial charge in [-0.15, -0.1) is 0 Å². The zero-order chi connectivity index (χ0) is 16.9. The molecule has 1 heterocycles. The molecule has 0 aliphatic carbocycles. The lowest BCUT2D eigenvalue weighted by atomic mass is 10.1. The van der Waals surface area contributed by atoms with E-state index in [0.717, 1.165) is 0 Å². The fourth-order valence-electron chi connectivity index (χ4n) is 2.40. The molecule has 1 aliphatic heterocycles. The fraction of sp³-hybridized carbons (Fsp3) is 0.867. The van der Waals surface area contributed by atoms with Gasteiger partial charge in [0.1, 0.15) is 6.54 Å². The van der Waals surface area contributed by atoms with Crippen LogP contribution in [0.3, 0.4) is 0 Å². The number of carbonyl (C=O) groups excluding carboxylic acids is 2. The fourth-order valence-corrected chi connectivity index (χ4v) is 3.18. The first kappa shape index (κ1) is 19.1. The molecule has 7 heteroatoms. The molecular formula is C15H29NO5Si. The van der Waals surface area contributed by atoms with E-state index in [0.29, 0.717) is 19.4 Å². The minimum Gasteiger partial charge on any atom is -0.465 e. The second kappa shape index (κ2) is 8.08. The van der Waals surface area contributed by atoms with Gasteiger partial charge in [0.2, 0.25) is 5.91 Å². The first-order valence-electron chi connectivity index (χ1n) is 7.92. The van der Waals surface area contributed by atoms with Gasteiger partial charge in [0.15, 0.2) is 15.3 Å². The standard InChI is InChI=1S/C15H29NO5Si/c1-7-19-13(18)10-16-11(8-9-12(16)17)14(21-22(5)6)20-15(2,3)4/h11,14,22H,7-10H2,1-6H3/t11-,14?/m1/s1. The van der Waals surface area contributed by atoms with Crippen molar-refractivity contribution in [2.75, 3.05) is 13.2 Å². The first-order chi connectivity index (χ1) is 10.1. The van der Waals surface area contributed by atoms with Crippen LogP contribution in [-0.2, 0) is 23.5 Å². The lowest BCUT2D eigenvalue weighted by Crippen LogP contribution is -2.49. The van der Waals surface area contributed by atoms with E-state index in [1.165, 1.54) is 0 Å². The van der Waals surface area contributed by atoms with Crippen LogP contribution in [0.2, 0.25) is 13.1 Å². The zero-order valence-corrected chi connectivity index (χ0v) is 15.7. The SMILES string of the molecule is CCOC(=O)CN1C(=O)CC[C@@H]1C(O[SiH](C)C)OC(C)(C)C. The predicted molar refractivity (Wildman–Crippen MR) is 86.0 cm³/mol. The summed E-state index contributed by atoms with van der Waals surface area (Å²) in [5.74, 6) is -0.436. The monoisotopic (exact) mass is 331 g/mol. The highest BCUT2D eigenvalue weighted by Crippen LogP contribution is 2.27. The van der Waals surface area contributed by atoms with Gasteiger partial charge in [-0.25, -0.2) is 0 Å². The van der Waals surface area contributed by atoms with Gasteiger partial charge in [-0.3, -0.25) is 9.59 Å². The van der Waals surface area contributed by atoms with Gasteiger partial charge in [-0.2, -0.15) is 0 Å². The number of amides is 1. The van der Waals surface area contributed by atoms with Crippen LogP contribution in [-0.4, -0.2) is 56.9 Å². The summed E-state index contributed by atoms with van der Waals surface area (Å²) in [6.07, 6.45) is 0.560. The second-order valence-corrected chi connectivity index (χ2v) is 9.09. The molecule has 1 rings (SSSR count). The van der Waals surface area contributed by atoms with Gasteiger partial charge in [-0.1, -0.05) is 0 Å². The summed E-state index contributed by atoms with van der Waals surface area (Å²) in [4.78, 5) is 25.4. The molecule has 1 amide bonds. The van der Waals surface area contributed by atoms with E-state index in [1.807, 2.05) is 20.8 Å². The van der Waals surface area contributed by atoms with Crippen molar-refractivity contribution in [2.24, 2.45) is 0 Å². The van der Waals surface area contributed by atoms with Gasteiger partial charge in [0.25, 0.3) is 0 Å². The Kier molecular flexibility index (Phi) is 7.02. The molecule has 1 saturated heterocycles. The quantitative estimate of drug-likeness (QED) is 0.403. The Bertz CT molecular complexity index is 394. The van der Waals surface area contributed by atoms with E-state index in [9.17, 15) is 9.59 Å². The molecule has 0 radical (unpaired) electrons. The number of likely N-dealkylation sites (tertiary alicyclic amines) is 1. The lowest BCUT2D eigenvalue weighted by Gasteiger charge is -2.36. The maximum absolute atomic E-state index is 12.1. The first-order valence-corrected chi connectivity index (χ1v) is 10.7. The minimum absolute atomic E-state index is 0.0373. The summed E-state index contributed by atoms with van der Waals surface area (Å²) in [6, 6.07) is -0.231. The van der Waals surface area contributed by atoms with Crippen molar-refractivity contribution < 1.29 is 23.5 Å². The normalized spacial score (nSPS) is 20.6. The van der Waals surface area contributed by atoms with Crippen molar-refractivity contribution in [2.45, 2.75) is 71.6 Å². The van der Waals surface area contributed by atoms with Gasteiger partial charge in [0, 0.05) is 6.42 Å². The van der Waals surface area contributed by atoms with E-state index in [4.69, 9.17) is 13.9 Å². The Balaban J connectivity index is 2.85. The molecule has 0 spiro atoms. The third-order valence-corrected chi connectivity index (χ3v) is 3.98. The van der Waals surface area contributed by atoms with Crippen LogP contribution in [0.1, 0.15) is 40.5 Å². The maximum Gasteiger partial charge on any atom is 0.325 e. The van der Waals surface area contributed by atoms with Crippen molar-refractivity contribution in [1.29, 1.82) is 0 Å². The number of esters is 1. The molecule has 1 unspecified atom stereocenters. The van der Waals surface area contributed by atoms with E-state index in [2.05, 4.69) is 13.1 Å². The summed E-state index contributed by atoms with van der Waals surface area (Å²) in [7, 11) is -1.35. The summed E-state index contributed by atoms with van der Waals surface area (Å²) < 4.78 is 17.0. The van der Waals surface area contributed by atoms with Crippen LogP contribution in [0.5, 0.6) is 0 Å². The zero-order valence-electron chi connectivity index (χ0n) is 14.5. The number of hydrogen-bond donors (Lipinski definition) is 0. The van der Waals surface area contributed by atoms with Crippen LogP contribution < -0.4 is 0 Å². The molecule has 0 bridgehead atoms. The topological polar surface area (TPSA) is 65.1 Å². The molecule has 0 saturated carbocycles. The molecule has 0 N–H and O–H groups in total. The Morgan fingerprint density at radius 3 is 2.55 bits per heavy atom. The number of hydrogen-bond acceptors (Lipinski definition) is 5. The van der Waals surface area contributed by atoms with Gasteiger partial charge in [0.05, 0.1) is 18.2 Å². The Morgan fingerprint density at radius 1 is 1.41 bits per heavy atom. The van der Waals surface area contributed by atoms with Crippen molar-refractivity contribution in [3.63, 3.8) is 0 Å². The van der Waals surface area contributed by atoms with Crippen LogP contribution >= 0.6 is 0 Å². The van der Waals surface area contributed by atoms with Gasteiger partial charge >= 0.3 is 5.97 Å². The summed E-state index contributed by atoms with van der Waals surface area (Å²) in [6.45, 7) is 12.0. The molecule has 2 atom stereocenters. The maximum atomic E-state index is 12.1. The average molecular weight is 331 g/mol. The van der Waals surface area contributed by atoms with E-state index < -0.39 is 15.3 Å². The highest BCUT2D eigenvalue weighted by molar-refractivity contribution is 6.48. The van der Waals surface area contributed by atoms with E-state index >= 15 is 0 Å². The van der Waals surface area contributed by atoms with Crippen LogP contribution in [0.25, 0.3) is 0 Å². The molecule has 6 nitrogen and oxygen atoms in total. The number of rotatable bonds is 7. The molecule has 22 heavy (non-hydrogen) atoms. The highest BCUT2D eigenvalue weighted by Gasteiger charge is 2.40. The average Bonchev–Trinajstić information content (AvgIpc) is 2.68. The van der Waals surface area contributed by atoms with Crippen LogP contribution in [0.4, 0.5) is 0 Å². The summed E-state index contributed by atoms with van der Waals surface area (Å²) >= 11 is 0.